The molecule has 1 aliphatic heterocycles. The molecule has 3 heterocycles. The molecule has 1 aliphatic rings. The molecule has 0 aliphatic carbocycles. The van der Waals surface area contributed by atoms with Crippen molar-refractivity contribution in [2.24, 2.45) is 0 Å². The largest absolute Gasteiger partial charge is 0.504 e. The maximum Gasteiger partial charge on any atom is 0.188 e. The Hall–Kier alpha value is -2.52. The van der Waals surface area contributed by atoms with Crippen LogP contribution in [0.2, 0.25) is 0 Å². The first kappa shape index (κ1) is 16.9. The van der Waals surface area contributed by atoms with Crippen molar-refractivity contribution in [1.29, 1.82) is 0 Å². The molecule has 1 saturated heterocycles. The van der Waals surface area contributed by atoms with E-state index in [1.54, 1.807) is 24.5 Å². The number of methoxy groups -OCH3 is 1. The molecule has 1 unspecified atom stereocenters. The first-order chi connectivity index (χ1) is 12.7. The molecule has 4 rings (SSSR count). The van der Waals surface area contributed by atoms with E-state index in [1.807, 2.05) is 4.57 Å². The zero-order chi connectivity index (χ0) is 18.1. The summed E-state index contributed by atoms with van der Waals surface area (Å²) in [4.78, 5) is 13.2. The number of para-hydroxylation sites is 1. The lowest BCUT2D eigenvalue weighted by molar-refractivity contribution is -0.0298. The zero-order valence-corrected chi connectivity index (χ0v) is 15.1. The number of thiol groups is 1. The highest BCUT2D eigenvalue weighted by Crippen LogP contribution is 2.37. The summed E-state index contributed by atoms with van der Waals surface area (Å²) in [5.41, 5.74) is 1.82. The lowest BCUT2D eigenvalue weighted by Gasteiger charge is -2.23. The van der Waals surface area contributed by atoms with Gasteiger partial charge in [0.25, 0.3) is 0 Å². The minimum Gasteiger partial charge on any atom is -0.504 e. The predicted molar refractivity (Wildman–Crippen MR) is 99.4 cm³/mol. The second-order valence-corrected chi connectivity index (χ2v) is 6.40. The van der Waals surface area contributed by atoms with Crippen LogP contribution in [0.25, 0.3) is 11.2 Å². The maximum absolute atomic E-state index is 9.96. The summed E-state index contributed by atoms with van der Waals surface area (Å²) in [6.45, 7) is 0.731. The number of ether oxygens (including phenoxy) is 2. The molecule has 1 atom stereocenters. The van der Waals surface area contributed by atoms with Crippen molar-refractivity contribution in [3.63, 3.8) is 0 Å². The minimum atomic E-state index is -0.0838. The van der Waals surface area contributed by atoms with E-state index < -0.39 is 0 Å². The topological polar surface area (TPSA) is 94.3 Å². The number of phenolic OH excluding ortho intramolecular Hbond substituents is 1. The number of aromatic hydroxyl groups is 1. The van der Waals surface area contributed by atoms with Gasteiger partial charge in [-0.1, -0.05) is 6.07 Å². The normalized spacial score (nSPS) is 17.4. The molecular formula is C17H19N5O3S. The van der Waals surface area contributed by atoms with Crippen LogP contribution in [-0.4, -0.2) is 38.3 Å². The predicted octanol–water partition coefficient (Wildman–Crippen LogP) is 3.27. The highest BCUT2D eigenvalue weighted by molar-refractivity contribution is 7.80. The third-order valence-corrected chi connectivity index (χ3v) is 4.53. The Labute approximate surface area is 155 Å². The fraction of sp³-hybridized carbons (Fsp3) is 0.353. The van der Waals surface area contributed by atoms with Gasteiger partial charge in [-0.3, -0.25) is 4.57 Å². The number of rotatable bonds is 4. The van der Waals surface area contributed by atoms with Crippen molar-refractivity contribution >= 4 is 35.3 Å². The number of hydrogen-bond donors (Lipinski definition) is 3. The smallest absolute Gasteiger partial charge is 0.188 e. The number of phenols is 1. The number of fused-ring (bicyclic) bond motifs is 1. The van der Waals surface area contributed by atoms with E-state index in [9.17, 15) is 5.11 Å². The monoisotopic (exact) mass is 373 g/mol. The maximum atomic E-state index is 9.96. The van der Waals surface area contributed by atoms with Crippen LogP contribution in [0, 0.1) is 0 Å². The van der Waals surface area contributed by atoms with Gasteiger partial charge < -0.3 is 19.9 Å². The Morgan fingerprint density at radius 3 is 3.00 bits per heavy atom. The molecule has 3 aromatic rings. The van der Waals surface area contributed by atoms with Crippen LogP contribution in [0.4, 0.5) is 11.5 Å². The number of anilines is 2. The average molecular weight is 373 g/mol. The lowest BCUT2D eigenvalue weighted by atomic mass is 10.2. The van der Waals surface area contributed by atoms with Crippen LogP contribution >= 0.6 is 12.6 Å². The van der Waals surface area contributed by atoms with Crippen LogP contribution in [0.3, 0.4) is 0 Å². The fourth-order valence-corrected chi connectivity index (χ4v) is 3.31. The van der Waals surface area contributed by atoms with Gasteiger partial charge in [0, 0.05) is 6.61 Å². The minimum absolute atomic E-state index is 0.0371. The van der Waals surface area contributed by atoms with E-state index in [-0.39, 0.29) is 12.0 Å². The van der Waals surface area contributed by atoms with Crippen LogP contribution in [0.1, 0.15) is 25.5 Å². The van der Waals surface area contributed by atoms with Crippen molar-refractivity contribution in [2.45, 2.75) is 30.6 Å². The summed E-state index contributed by atoms with van der Waals surface area (Å²) in [5.74, 6) is 0.850. The number of hydrogen-bond acceptors (Lipinski definition) is 8. The SMILES string of the molecule is COc1c(O)cccc1Nc1nc(S)nc2c1ncn2C1CCCCO1. The Bertz CT molecular complexity index is 940. The zero-order valence-electron chi connectivity index (χ0n) is 14.2. The summed E-state index contributed by atoms with van der Waals surface area (Å²) < 4.78 is 13.0. The molecule has 2 aromatic heterocycles. The second kappa shape index (κ2) is 7.00. The van der Waals surface area contributed by atoms with E-state index in [2.05, 4.69) is 32.9 Å². The van der Waals surface area contributed by atoms with Crippen molar-refractivity contribution in [3.05, 3.63) is 24.5 Å². The third kappa shape index (κ3) is 3.04. The van der Waals surface area contributed by atoms with Crippen LogP contribution in [0.15, 0.2) is 29.7 Å². The van der Waals surface area contributed by atoms with Gasteiger partial charge in [-0.25, -0.2) is 15.0 Å². The molecule has 26 heavy (non-hydrogen) atoms. The highest BCUT2D eigenvalue weighted by Gasteiger charge is 2.21. The van der Waals surface area contributed by atoms with Gasteiger partial charge in [0.15, 0.2) is 33.6 Å². The van der Waals surface area contributed by atoms with E-state index in [0.717, 1.165) is 25.9 Å². The van der Waals surface area contributed by atoms with E-state index in [1.165, 1.54) is 7.11 Å². The van der Waals surface area contributed by atoms with Crippen molar-refractivity contribution in [2.75, 3.05) is 19.0 Å². The van der Waals surface area contributed by atoms with Crippen LogP contribution in [-0.2, 0) is 4.74 Å². The highest BCUT2D eigenvalue weighted by atomic mass is 32.1. The molecule has 0 bridgehead atoms. The Morgan fingerprint density at radius 2 is 2.23 bits per heavy atom. The van der Waals surface area contributed by atoms with Gasteiger partial charge in [-0.2, -0.15) is 0 Å². The fourth-order valence-electron chi connectivity index (χ4n) is 3.11. The molecule has 0 spiro atoms. The molecular weight excluding hydrogens is 354 g/mol. The molecule has 0 amide bonds. The van der Waals surface area contributed by atoms with Crippen molar-refractivity contribution in [3.8, 4) is 11.5 Å². The first-order valence-electron chi connectivity index (χ1n) is 8.35. The quantitative estimate of drug-likeness (QED) is 0.477. The van der Waals surface area contributed by atoms with Crippen molar-refractivity contribution < 1.29 is 14.6 Å². The standard InChI is InChI=1S/C17H19N5O3S/c1-24-14-10(5-4-6-11(14)23)19-15-13-16(21-17(26)20-15)22(9-18-13)12-7-2-3-8-25-12/h4-6,9,12,23H,2-3,7-8H2,1H3,(H2,19,20,21,26). The van der Waals surface area contributed by atoms with Crippen molar-refractivity contribution in [1.82, 2.24) is 19.5 Å². The Morgan fingerprint density at radius 1 is 1.35 bits per heavy atom. The molecule has 0 saturated carbocycles. The van der Waals surface area contributed by atoms with Gasteiger partial charge in [0.05, 0.1) is 19.1 Å². The van der Waals surface area contributed by atoms with E-state index >= 15 is 0 Å². The van der Waals surface area contributed by atoms with Gasteiger partial charge in [0.2, 0.25) is 0 Å². The molecule has 2 N–H and O–H groups in total. The molecule has 136 valence electrons. The van der Waals surface area contributed by atoms with Crippen LogP contribution in [0.5, 0.6) is 11.5 Å². The number of imidazole rings is 1. The molecule has 0 radical (unpaired) electrons. The third-order valence-electron chi connectivity index (χ3n) is 4.33. The van der Waals surface area contributed by atoms with Gasteiger partial charge in [-0.15, -0.1) is 12.6 Å². The first-order valence-corrected chi connectivity index (χ1v) is 8.80. The summed E-state index contributed by atoms with van der Waals surface area (Å²) in [7, 11) is 1.50. The number of nitrogens with zero attached hydrogens (tertiary/aromatic N) is 4. The summed E-state index contributed by atoms with van der Waals surface area (Å²) in [5, 5.41) is 13.4. The molecule has 9 heteroatoms. The Balaban J connectivity index is 1.76. The van der Waals surface area contributed by atoms with Gasteiger partial charge >= 0.3 is 0 Å². The molecule has 1 fully saturated rings. The average Bonchev–Trinajstić information content (AvgIpc) is 3.06. The summed E-state index contributed by atoms with van der Waals surface area (Å²) in [6, 6.07) is 5.05. The summed E-state index contributed by atoms with van der Waals surface area (Å²) in [6.07, 6.45) is 4.72. The lowest BCUT2D eigenvalue weighted by Crippen LogP contribution is -2.17. The molecule has 8 nitrogen and oxygen atoms in total. The second-order valence-electron chi connectivity index (χ2n) is 6.00. The van der Waals surface area contributed by atoms with Gasteiger partial charge in [-0.05, 0) is 31.4 Å². The Kier molecular flexibility index (Phi) is 4.56. The molecule has 1 aromatic carbocycles. The number of nitrogens with one attached hydrogen (secondary N) is 1. The van der Waals surface area contributed by atoms with E-state index in [4.69, 9.17) is 9.47 Å². The van der Waals surface area contributed by atoms with E-state index in [0.29, 0.717) is 33.6 Å². The number of aromatic nitrogens is 4. The van der Waals surface area contributed by atoms with Gasteiger partial charge in [0.1, 0.15) is 6.23 Å². The summed E-state index contributed by atoms with van der Waals surface area (Å²) >= 11 is 4.33. The van der Waals surface area contributed by atoms with Crippen LogP contribution < -0.4 is 10.1 Å². The number of benzene rings is 1.